The Balaban J connectivity index is 0.00000196. The van der Waals surface area contributed by atoms with Crippen LogP contribution in [0.1, 0.15) is 24.2 Å². The highest BCUT2D eigenvalue weighted by molar-refractivity contribution is 5.85. The Bertz CT molecular complexity index is 297. The van der Waals surface area contributed by atoms with Crippen molar-refractivity contribution in [2.45, 2.75) is 19.1 Å². The molecule has 1 rings (SSSR count). The van der Waals surface area contributed by atoms with Crippen LogP contribution in [0.4, 0.5) is 13.2 Å². The molecule has 1 aromatic rings. The van der Waals surface area contributed by atoms with Gasteiger partial charge in [-0.25, -0.2) is 0 Å². The smallest absolute Gasteiger partial charge is 0.312 e. The summed E-state index contributed by atoms with van der Waals surface area (Å²) in [5, 5.41) is 2.90. The Labute approximate surface area is 92.3 Å². The summed E-state index contributed by atoms with van der Waals surface area (Å²) in [6.45, 7) is 1.83. The third kappa shape index (κ3) is 3.68. The maximum absolute atomic E-state index is 12.1. The van der Waals surface area contributed by atoms with Crippen molar-refractivity contribution < 1.29 is 13.2 Å². The van der Waals surface area contributed by atoms with Gasteiger partial charge in [0, 0.05) is 12.2 Å². The van der Waals surface area contributed by atoms with Crippen LogP contribution in [0.2, 0.25) is 0 Å². The molecule has 2 nitrogen and oxygen atoms in total. The molecule has 0 aliphatic rings. The Morgan fingerprint density at radius 2 is 1.93 bits per heavy atom. The van der Waals surface area contributed by atoms with Gasteiger partial charge in [-0.3, -0.25) is 4.98 Å². The summed E-state index contributed by atoms with van der Waals surface area (Å²) in [5.41, 5.74) is -0.120. The molecular weight excluding hydrogens is 229 g/mol. The average Bonchev–Trinajstić information content (AvgIpc) is 2.15. The maximum Gasteiger partial charge on any atom is 0.417 e. The molecule has 0 aliphatic heterocycles. The van der Waals surface area contributed by atoms with E-state index in [-0.39, 0.29) is 18.4 Å². The number of pyridine rings is 1. The third-order valence-electron chi connectivity index (χ3n) is 1.99. The first-order valence-electron chi connectivity index (χ1n) is 4.15. The van der Waals surface area contributed by atoms with Gasteiger partial charge in [-0.05, 0) is 26.1 Å². The van der Waals surface area contributed by atoms with Crippen molar-refractivity contribution in [3.63, 3.8) is 0 Å². The monoisotopic (exact) mass is 240 g/mol. The third-order valence-corrected chi connectivity index (χ3v) is 1.99. The van der Waals surface area contributed by atoms with Crippen molar-refractivity contribution in [1.82, 2.24) is 10.3 Å². The van der Waals surface area contributed by atoms with Crippen LogP contribution in [0.3, 0.4) is 0 Å². The van der Waals surface area contributed by atoms with Gasteiger partial charge in [-0.15, -0.1) is 12.4 Å². The molecule has 1 atom stereocenters. The van der Waals surface area contributed by atoms with Crippen LogP contribution in [0, 0.1) is 0 Å². The molecule has 0 radical (unpaired) electrons. The van der Waals surface area contributed by atoms with E-state index in [4.69, 9.17) is 0 Å². The van der Waals surface area contributed by atoms with Crippen molar-refractivity contribution >= 4 is 12.4 Å². The number of halogens is 4. The predicted molar refractivity (Wildman–Crippen MR) is 54.0 cm³/mol. The topological polar surface area (TPSA) is 24.9 Å². The second-order valence-electron chi connectivity index (χ2n) is 2.98. The van der Waals surface area contributed by atoms with Gasteiger partial charge >= 0.3 is 6.18 Å². The summed E-state index contributed by atoms with van der Waals surface area (Å²) >= 11 is 0. The van der Waals surface area contributed by atoms with Crippen molar-refractivity contribution in [2.75, 3.05) is 7.05 Å². The van der Waals surface area contributed by atoms with E-state index in [2.05, 4.69) is 10.3 Å². The van der Waals surface area contributed by atoms with E-state index in [9.17, 15) is 13.2 Å². The lowest BCUT2D eigenvalue weighted by Crippen LogP contribution is -2.14. The molecule has 0 amide bonds. The minimum atomic E-state index is -4.31. The molecule has 0 spiro atoms. The molecule has 6 heteroatoms. The van der Waals surface area contributed by atoms with Gasteiger partial charge in [-0.1, -0.05) is 0 Å². The van der Waals surface area contributed by atoms with E-state index in [1.165, 1.54) is 6.07 Å². The highest BCUT2D eigenvalue weighted by Gasteiger charge is 2.30. The van der Waals surface area contributed by atoms with Crippen LogP contribution < -0.4 is 5.32 Å². The highest BCUT2D eigenvalue weighted by Crippen LogP contribution is 2.28. The number of alkyl halides is 3. The molecule has 0 fully saturated rings. The van der Waals surface area contributed by atoms with Gasteiger partial charge in [0.2, 0.25) is 0 Å². The Hall–Kier alpha value is -0.810. The zero-order valence-corrected chi connectivity index (χ0v) is 9.12. The summed E-state index contributed by atoms with van der Waals surface area (Å²) in [5.74, 6) is 0. The van der Waals surface area contributed by atoms with Crippen LogP contribution in [0.25, 0.3) is 0 Å². The molecular formula is C9H12ClF3N2. The molecule has 15 heavy (non-hydrogen) atoms. The number of aromatic nitrogens is 1. The van der Waals surface area contributed by atoms with Crippen LogP contribution >= 0.6 is 12.4 Å². The van der Waals surface area contributed by atoms with Crippen molar-refractivity contribution in [3.8, 4) is 0 Å². The summed E-state index contributed by atoms with van der Waals surface area (Å²) in [4.78, 5) is 3.73. The lowest BCUT2D eigenvalue weighted by molar-refractivity contribution is -0.137. The van der Waals surface area contributed by atoms with Crippen molar-refractivity contribution in [3.05, 3.63) is 29.6 Å². The fourth-order valence-corrected chi connectivity index (χ4v) is 0.977. The van der Waals surface area contributed by atoms with E-state index >= 15 is 0 Å². The van der Waals surface area contributed by atoms with E-state index in [1.54, 1.807) is 7.05 Å². The number of nitrogens with one attached hydrogen (secondary N) is 1. The molecule has 0 bridgehead atoms. The normalized spacial score (nSPS) is 13.1. The van der Waals surface area contributed by atoms with Crippen LogP contribution in [-0.4, -0.2) is 12.0 Å². The first kappa shape index (κ1) is 14.2. The van der Waals surface area contributed by atoms with Gasteiger partial charge < -0.3 is 5.32 Å². The quantitative estimate of drug-likeness (QED) is 0.860. The molecule has 86 valence electrons. The lowest BCUT2D eigenvalue weighted by atomic mass is 10.2. The molecule has 1 aromatic heterocycles. The number of rotatable bonds is 2. The molecule has 0 unspecified atom stereocenters. The summed E-state index contributed by atoms with van der Waals surface area (Å²) < 4.78 is 36.4. The highest BCUT2D eigenvalue weighted by atomic mass is 35.5. The molecule has 0 aliphatic carbocycles. The van der Waals surface area contributed by atoms with Crippen molar-refractivity contribution in [1.29, 1.82) is 0 Å². The van der Waals surface area contributed by atoms with Gasteiger partial charge in [0.15, 0.2) is 0 Å². The lowest BCUT2D eigenvalue weighted by Gasteiger charge is -2.11. The van der Waals surface area contributed by atoms with Gasteiger partial charge in [0.05, 0.1) is 11.3 Å². The largest absolute Gasteiger partial charge is 0.417 e. The number of hydrogen-bond acceptors (Lipinski definition) is 2. The fraction of sp³-hybridized carbons (Fsp3) is 0.444. The van der Waals surface area contributed by atoms with Crippen LogP contribution in [0.5, 0.6) is 0 Å². The summed E-state index contributed by atoms with van der Waals surface area (Å²) in [7, 11) is 1.73. The number of nitrogens with zero attached hydrogens (tertiary/aromatic N) is 1. The minimum absolute atomic E-state index is 0. The Morgan fingerprint density at radius 1 is 1.33 bits per heavy atom. The second-order valence-corrected chi connectivity index (χ2v) is 2.98. The van der Waals surface area contributed by atoms with E-state index in [1.807, 2.05) is 6.92 Å². The molecule has 1 heterocycles. The first-order chi connectivity index (χ1) is 6.45. The fourth-order valence-electron chi connectivity index (χ4n) is 0.977. The van der Waals surface area contributed by atoms with Gasteiger partial charge in [0.1, 0.15) is 0 Å². The zero-order chi connectivity index (χ0) is 10.8. The standard InChI is InChI=1S/C9H11F3N2.ClH/c1-6(13-2)8-4-3-7(5-14-8)9(10,11)12;/h3-6,13H,1-2H3;1H/t6-;/m1./s1. The number of hydrogen-bond donors (Lipinski definition) is 1. The molecule has 1 N–H and O–H groups in total. The Kier molecular flexibility index (Phi) is 5.03. The second kappa shape index (κ2) is 5.32. The molecule has 0 aromatic carbocycles. The van der Waals surface area contributed by atoms with Crippen LogP contribution in [-0.2, 0) is 6.18 Å². The summed E-state index contributed by atoms with van der Waals surface area (Å²) in [6.07, 6.45) is -3.46. The molecule has 0 saturated heterocycles. The van der Waals surface area contributed by atoms with Crippen LogP contribution in [0.15, 0.2) is 18.3 Å². The minimum Gasteiger partial charge on any atom is -0.312 e. The van der Waals surface area contributed by atoms with E-state index in [0.717, 1.165) is 12.3 Å². The SMILES string of the molecule is CN[C@H](C)c1ccc(C(F)(F)F)cn1.Cl. The maximum atomic E-state index is 12.1. The average molecular weight is 241 g/mol. The van der Waals surface area contributed by atoms with E-state index < -0.39 is 11.7 Å². The summed E-state index contributed by atoms with van der Waals surface area (Å²) in [6, 6.07) is 2.37. The zero-order valence-electron chi connectivity index (χ0n) is 8.30. The molecule has 0 saturated carbocycles. The Morgan fingerprint density at radius 3 is 2.27 bits per heavy atom. The predicted octanol–water partition coefficient (Wildman–Crippen LogP) is 2.80. The van der Waals surface area contributed by atoms with Crippen molar-refractivity contribution in [2.24, 2.45) is 0 Å². The first-order valence-corrected chi connectivity index (χ1v) is 4.15. The van der Waals surface area contributed by atoms with Gasteiger partial charge in [-0.2, -0.15) is 13.2 Å². The van der Waals surface area contributed by atoms with E-state index in [0.29, 0.717) is 5.69 Å². The van der Waals surface area contributed by atoms with Gasteiger partial charge in [0.25, 0.3) is 0 Å².